The van der Waals surface area contributed by atoms with Crippen molar-refractivity contribution in [1.29, 1.82) is 0 Å². The maximum absolute atomic E-state index is 12.2. The fourth-order valence-corrected chi connectivity index (χ4v) is 1.04. The first-order valence-corrected chi connectivity index (χ1v) is 5.13. The van der Waals surface area contributed by atoms with Crippen LogP contribution in [0.4, 0.5) is 4.39 Å². The average molecular weight is 252 g/mol. The first kappa shape index (κ1) is 13.9. The molecule has 5 nitrogen and oxygen atoms in total. The van der Waals surface area contributed by atoms with E-state index in [-0.39, 0.29) is 13.2 Å². The van der Waals surface area contributed by atoms with E-state index in [0.29, 0.717) is 23.3 Å². The zero-order chi connectivity index (χ0) is 13.4. The topological polar surface area (TPSA) is 85.4 Å². The molecule has 1 aromatic heterocycles. The second-order valence-electron chi connectivity index (χ2n) is 3.35. The maximum Gasteiger partial charge on any atom is 0.328 e. The summed E-state index contributed by atoms with van der Waals surface area (Å²) in [6.07, 6.45) is 4.19. The molecule has 1 rings (SSSR count). The molecule has 0 spiro atoms. The monoisotopic (exact) mass is 252 g/mol. The van der Waals surface area contributed by atoms with Gasteiger partial charge in [0.2, 0.25) is 0 Å². The van der Waals surface area contributed by atoms with Gasteiger partial charge in [0.15, 0.2) is 0 Å². The van der Waals surface area contributed by atoms with Gasteiger partial charge in [0.05, 0.1) is 18.2 Å². The number of nitrogens with two attached hydrogens (primary N) is 1. The Labute approximate surface area is 103 Å². The summed E-state index contributed by atoms with van der Waals surface area (Å²) in [5.41, 5.74) is 6.10. The van der Waals surface area contributed by atoms with E-state index in [2.05, 4.69) is 4.98 Å². The molecule has 0 aliphatic carbocycles. The largest absolute Gasteiger partial charge is 0.487 e. The zero-order valence-electron chi connectivity index (χ0n) is 9.54. The molecule has 0 radical (unpaired) electrons. The van der Waals surface area contributed by atoms with E-state index in [1.54, 1.807) is 12.1 Å². The minimum absolute atomic E-state index is 0.0546. The number of nitrogens with zero attached hydrogens (tertiary/aromatic N) is 1. The predicted molar refractivity (Wildman–Crippen MR) is 64.6 cm³/mol. The van der Waals surface area contributed by atoms with Gasteiger partial charge in [-0.3, -0.25) is 4.98 Å². The Hall–Kier alpha value is -2.21. The molecule has 0 saturated carbocycles. The van der Waals surface area contributed by atoms with Crippen LogP contribution in [-0.2, 0) is 4.79 Å². The number of hydrogen-bond acceptors (Lipinski definition) is 4. The molecule has 0 saturated heterocycles. The number of carboxylic acids is 1. The summed E-state index contributed by atoms with van der Waals surface area (Å²) >= 11 is 0. The van der Waals surface area contributed by atoms with Crippen molar-refractivity contribution >= 4 is 12.0 Å². The van der Waals surface area contributed by atoms with Gasteiger partial charge in [-0.25, -0.2) is 9.18 Å². The number of hydrogen-bond donors (Lipinski definition) is 2. The van der Waals surface area contributed by atoms with Crippen molar-refractivity contribution in [2.45, 2.75) is 0 Å². The third kappa shape index (κ3) is 4.75. The number of aromatic nitrogens is 1. The number of carbonyl (C=O) groups is 1. The number of carboxylic acid groups (broad SMARTS) is 1. The number of halogens is 1. The fourth-order valence-electron chi connectivity index (χ4n) is 1.04. The summed E-state index contributed by atoms with van der Waals surface area (Å²) in [7, 11) is 0. The van der Waals surface area contributed by atoms with Crippen LogP contribution in [0.15, 0.2) is 36.3 Å². The van der Waals surface area contributed by atoms with Crippen molar-refractivity contribution in [2.75, 3.05) is 13.2 Å². The van der Waals surface area contributed by atoms with Crippen LogP contribution in [0.3, 0.4) is 0 Å². The highest BCUT2D eigenvalue weighted by molar-refractivity contribution is 5.84. The van der Waals surface area contributed by atoms with Gasteiger partial charge < -0.3 is 15.6 Å². The number of pyridine rings is 1. The van der Waals surface area contributed by atoms with E-state index >= 15 is 0 Å². The van der Waals surface area contributed by atoms with Crippen molar-refractivity contribution < 1.29 is 19.0 Å². The molecule has 18 heavy (non-hydrogen) atoms. The summed E-state index contributed by atoms with van der Waals surface area (Å²) in [5, 5.41) is 8.44. The van der Waals surface area contributed by atoms with Crippen molar-refractivity contribution in [3.05, 3.63) is 42.0 Å². The van der Waals surface area contributed by atoms with Crippen LogP contribution >= 0.6 is 0 Å². The molecule has 96 valence electrons. The molecule has 0 aliphatic rings. The van der Waals surface area contributed by atoms with Gasteiger partial charge in [0.25, 0.3) is 0 Å². The Morgan fingerprint density at radius 3 is 2.83 bits per heavy atom. The molecule has 0 aromatic carbocycles. The van der Waals surface area contributed by atoms with E-state index in [0.717, 1.165) is 6.08 Å². The van der Waals surface area contributed by atoms with Gasteiger partial charge in [-0.05, 0) is 18.2 Å². The molecule has 0 bridgehead atoms. The fraction of sp³-hybridized carbons (Fsp3) is 0.167. The standard InChI is InChI=1S/C12H13FN2O3/c13-5-9(6-14)8-18-11-3-1-10(15-7-11)2-4-12(16)17/h1-5,7H,6,8,14H2,(H,16,17)/b4-2+,9-5?. The second kappa shape index (κ2) is 7.18. The van der Waals surface area contributed by atoms with Gasteiger partial charge in [-0.1, -0.05) is 0 Å². The minimum Gasteiger partial charge on any atom is -0.487 e. The highest BCUT2D eigenvalue weighted by Gasteiger charge is 1.98. The quantitative estimate of drug-likeness (QED) is 0.747. The average Bonchev–Trinajstić information content (AvgIpc) is 2.39. The van der Waals surface area contributed by atoms with Crippen LogP contribution in [0.25, 0.3) is 6.08 Å². The van der Waals surface area contributed by atoms with Gasteiger partial charge in [-0.2, -0.15) is 0 Å². The molecule has 0 unspecified atom stereocenters. The van der Waals surface area contributed by atoms with Gasteiger partial charge in [-0.15, -0.1) is 0 Å². The van der Waals surface area contributed by atoms with Crippen LogP contribution in [0.2, 0.25) is 0 Å². The summed E-state index contributed by atoms with van der Waals surface area (Å²) in [6.45, 7) is 0.141. The smallest absolute Gasteiger partial charge is 0.328 e. The summed E-state index contributed by atoms with van der Waals surface area (Å²) in [6, 6.07) is 3.21. The Morgan fingerprint density at radius 2 is 2.33 bits per heavy atom. The summed E-state index contributed by atoms with van der Waals surface area (Å²) in [5.74, 6) is -0.590. The number of rotatable bonds is 6. The van der Waals surface area contributed by atoms with E-state index in [1.165, 1.54) is 12.3 Å². The van der Waals surface area contributed by atoms with E-state index in [9.17, 15) is 9.18 Å². The van der Waals surface area contributed by atoms with Crippen LogP contribution in [0, 0.1) is 0 Å². The molecular formula is C12H13FN2O3. The molecule has 0 fully saturated rings. The minimum atomic E-state index is -1.04. The highest BCUT2D eigenvalue weighted by atomic mass is 19.1. The van der Waals surface area contributed by atoms with Crippen molar-refractivity contribution in [2.24, 2.45) is 5.73 Å². The molecule has 1 aromatic rings. The van der Waals surface area contributed by atoms with Crippen LogP contribution in [-0.4, -0.2) is 29.2 Å². The molecule has 6 heteroatoms. The SMILES string of the molecule is NCC(=CF)COc1ccc(/C=C/C(=O)O)nc1. The zero-order valence-corrected chi connectivity index (χ0v) is 9.54. The first-order chi connectivity index (χ1) is 8.65. The Morgan fingerprint density at radius 1 is 1.56 bits per heavy atom. The first-order valence-electron chi connectivity index (χ1n) is 5.13. The molecule has 0 aliphatic heterocycles. The maximum atomic E-state index is 12.2. The van der Waals surface area contributed by atoms with Gasteiger partial charge in [0.1, 0.15) is 12.4 Å². The molecule has 3 N–H and O–H groups in total. The second-order valence-corrected chi connectivity index (χ2v) is 3.35. The normalized spacial score (nSPS) is 11.8. The number of aliphatic carboxylic acids is 1. The lowest BCUT2D eigenvalue weighted by molar-refractivity contribution is -0.131. The lowest BCUT2D eigenvalue weighted by atomic mass is 10.3. The van der Waals surface area contributed by atoms with Crippen LogP contribution < -0.4 is 10.5 Å². The van der Waals surface area contributed by atoms with Crippen molar-refractivity contribution in [3.8, 4) is 5.75 Å². The summed E-state index contributed by atoms with van der Waals surface area (Å²) < 4.78 is 17.4. The van der Waals surface area contributed by atoms with E-state index in [1.807, 2.05) is 0 Å². The lowest BCUT2D eigenvalue weighted by Crippen LogP contribution is -2.10. The van der Waals surface area contributed by atoms with Crippen molar-refractivity contribution in [1.82, 2.24) is 4.98 Å². The summed E-state index contributed by atoms with van der Waals surface area (Å²) in [4.78, 5) is 14.3. The van der Waals surface area contributed by atoms with E-state index < -0.39 is 5.97 Å². The third-order valence-corrected chi connectivity index (χ3v) is 2.00. The van der Waals surface area contributed by atoms with Crippen molar-refractivity contribution in [3.63, 3.8) is 0 Å². The molecule has 1 heterocycles. The predicted octanol–water partition coefficient (Wildman–Crippen LogP) is 1.37. The lowest BCUT2D eigenvalue weighted by Gasteiger charge is -2.06. The van der Waals surface area contributed by atoms with Gasteiger partial charge in [0, 0.05) is 18.2 Å². The Bertz CT molecular complexity index is 455. The third-order valence-electron chi connectivity index (χ3n) is 2.00. The molecule has 0 atom stereocenters. The number of ether oxygens (including phenoxy) is 1. The Kier molecular flexibility index (Phi) is 5.53. The van der Waals surface area contributed by atoms with Crippen LogP contribution in [0.5, 0.6) is 5.75 Å². The van der Waals surface area contributed by atoms with E-state index in [4.69, 9.17) is 15.6 Å². The molecule has 0 amide bonds. The van der Waals surface area contributed by atoms with Gasteiger partial charge >= 0.3 is 5.97 Å². The molecular weight excluding hydrogens is 239 g/mol. The van der Waals surface area contributed by atoms with Crippen LogP contribution in [0.1, 0.15) is 5.69 Å². The highest BCUT2D eigenvalue weighted by Crippen LogP contribution is 2.11. The Balaban J connectivity index is 2.58.